The lowest BCUT2D eigenvalue weighted by molar-refractivity contribution is -0.142. The minimum atomic E-state index is -0.901. The first kappa shape index (κ1) is 9.48. The van der Waals surface area contributed by atoms with Crippen molar-refractivity contribution in [3.63, 3.8) is 0 Å². The van der Waals surface area contributed by atoms with Crippen molar-refractivity contribution in [3.05, 3.63) is 0 Å². The number of hydrogen-bond donors (Lipinski definition) is 1. The van der Waals surface area contributed by atoms with Gasteiger partial charge in [0.25, 0.3) is 0 Å². The zero-order valence-corrected chi connectivity index (χ0v) is 6.99. The van der Waals surface area contributed by atoms with Crippen LogP contribution in [0.5, 0.6) is 0 Å². The third-order valence-corrected chi connectivity index (χ3v) is 1.83. The van der Waals surface area contributed by atoms with Crippen molar-refractivity contribution in [1.82, 2.24) is 0 Å². The smallest absolute Gasteiger partial charge is 0.329 e. The first-order chi connectivity index (χ1) is 5.79. The maximum Gasteiger partial charge on any atom is 0.329 e. The minimum absolute atomic E-state index is 0.179. The lowest BCUT2D eigenvalue weighted by Crippen LogP contribution is -2.27. The second kappa shape index (κ2) is 5.11. The second-order valence-electron chi connectivity index (χ2n) is 2.99. The SMILES string of the molecule is O=C(O)COCCCC1COC1. The van der Waals surface area contributed by atoms with Crippen molar-refractivity contribution in [3.8, 4) is 0 Å². The van der Waals surface area contributed by atoms with Gasteiger partial charge >= 0.3 is 5.97 Å². The highest BCUT2D eigenvalue weighted by molar-refractivity contribution is 5.67. The molecule has 1 heterocycles. The molecule has 4 heteroatoms. The van der Waals surface area contributed by atoms with Gasteiger partial charge in [-0.25, -0.2) is 4.79 Å². The van der Waals surface area contributed by atoms with Crippen LogP contribution >= 0.6 is 0 Å². The molecule has 1 N–H and O–H groups in total. The molecule has 1 rings (SSSR count). The fourth-order valence-electron chi connectivity index (χ4n) is 1.08. The largest absolute Gasteiger partial charge is 0.480 e. The summed E-state index contributed by atoms with van der Waals surface area (Å²) in [5, 5.41) is 8.23. The van der Waals surface area contributed by atoms with E-state index < -0.39 is 5.97 Å². The zero-order chi connectivity index (χ0) is 8.81. The number of rotatable bonds is 6. The molecule has 0 saturated carbocycles. The summed E-state index contributed by atoms with van der Waals surface area (Å²) in [6.07, 6.45) is 2.01. The number of ether oxygens (including phenoxy) is 2. The summed E-state index contributed by atoms with van der Waals surface area (Å²) in [6.45, 7) is 2.09. The van der Waals surface area contributed by atoms with Gasteiger partial charge in [-0.15, -0.1) is 0 Å². The predicted molar refractivity (Wildman–Crippen MR) is 42.0 cm³/mol. The normalized spacial score (nSPS) is 17.3. The molecular formula is C8H14O4. The third kappa shape index (κ3) is 3.69. The summed E-state index contributed by atoms with van der Waals surface area (Å²) < 4.78 is 9.87. The van der Waals surface area contributed by atoms with Gasteiger partial charge in [0.2, 0.25) is 0 Å². The molecule has 0 aromatic rings. The van der Waals surface area contributed by atoms with Crippen LogP contribution in [0.25, 0.3) is 0 Å². The molecule has 0 unspecified atom stereocenters. The molecule has 0 aromatic heterocycles. The number of carboxylic acids is 1. The second-order valence-corrected chi connectivity index (χ2v) is 2.99. The molecule has 0 aromatic carbocycles. The predicted octanol–water partition coefficient (Wildman–Crippen LogP) is 0.514. The summed E-state index contributed by atoms with van der Waals surface area (Å²) >= 11 is 0. The van der Waals surface area contributed by atoms with Crippen molar-refractivity contribution >= 4 is 5.97 Å². The summed E-state index contributed by atoms with van der Waals surface area (Å²) in [5.41, 5.74) is 0. The van der Waals surface area contributed by atoms with Crippen LogP contribution in [0.2, 0.25) is 0 Å². The van der Waals surface area contributed by atoms with E-state index >= 15 is 0 Å². The fourth-order valence-corrected chi connectivity index (χ4v) is 1.08. The van der Waals surface area contributed by atoms with Crippen LogP contribution in [-0.4, -0.2) is 37.5 Å². The number of hydrogen-bond acceptors (Lipinski definition) is 3. The number of carbonyl (C=O) groups is 1. The van der Waals surface area contributed by atoms with E-state index in [0.29, 0.717) is 12.5 Å². The van der Waals surface area contributed by atoms with E-state index in [1.807, 2.05) is 0 Å². The summed E-state index contributed by atoms with van der Waals surface area (Å²) in [6, 6.07) is 0. The van der Waals surface area contributed by atoms with E-state index in [0.717, 1.165) is 26.1 Å². The molecule has 0 aliphatic carbocycles. The Hall–Kier alpha value is -0.610. The molecule has 70 valence electrons. The van der Waals surface area contributed by atoms with Gasteiger partial charge < -0.3 is 14.6 Å². The van der Waals surface area contributed by atoms with Crippen LogP contribution in [-0.2, 0) is 14.3 Å². The zero-order valence-electron chi connectivity index (χ0n) is 6.99. The van der Waals surface area contributed by atoms with Gasteiger partial charge in [0, 0.05) is 12.5 Å². The molecule has 0 atom stereocenters. The Balaban J connectivity index is 1.79. The summed E-state index contributed by atoms with van der Waals surface area (Å²) in [4.78, 5) is 10.0. The Labute approximate surface area is 71.5 Å². The van der Waals surface area contributed by atoms with Crippen molar-refractivity contribution in [1.29, 1.82) is 0 Å². The van der Waals surface area contributed by atoms with Crippen molar-refractivity contribution in [2.24, 2.45) is 5.92 Å². The molecule has 1 aliphatic rings. The van der Waals surface area contributed by atoms with Crippen molar-refractivity contribution in [2.75, 3.05) is 26.4 Å². The van der Waals surface area contributed by atoms with E-state index in [1.165, 1.54) is 0 Å². The van der Waals surface area contributed by atoms with E-state index in [4.69, 9.17) is 14.6 Å². The first-order valence-electron chi connectivity index (χ1n) is 4.16. The van der Waals surface area contributed by atoms with E-state index in [1.54, 1.807) is 0 Å². The van der Waals surface area contributed by atoms with Crippen molar-refractivity contribution in [2.45, 2.75) is 12.8 Å². The lowest BCUT2D eigenvalue weighted by atomic mass is 10.0. The number of aliphatic carboxylic acids is 1. The van der Waals surface area contributed by atoms with E-state index in [-0.39, 0.29) is 6.61 Å². The highest BCUT2D eigenvalue weighted by atomic mass is 16.5. The standard InChI is InChI=1S/C8H14O4/c9-8(10)6-11-3-1-2-7-4-12-5-7/h7H,1-6H2,(H,9,10). The molecule has 0 bridgehead atoms. The van der Waals surface area contributed by atoms with Gasteiger partial charge in [-0.1, -0.05) is 0 Å². The Bertz CT molecular complexity index is 142. The average Bonchev–Trinajstić information content (AvgIpc) is 1.92. The van der Waals surface area contributed by atoms with Crippen LogP contribution in [0, 0.1) is 5.92 Å². The van der Waals surface area contributed by atoms with Crippen LogP contribution in [0.4, 0.5) is 0 Å². The third-order valence-electron chi connectivity index (χ3n) is 1.83. The van der Waals surface area contributed by atoms with Crippen molar-refractivity contribution < 1.29 is 19.4 Å². The summed E-state index contributed by atoms with van der Waals surface area (Å²) in [5.74, 6) is -0.222. The van der Waals surface area contributed by atoms with Gasteiger partial charge in [0.15, 0.2) is 0 Å². The molecule has 0 spiro atoms. The Kier molecular flexibility index (Phi) is 4.04. The van der Waals surface area contributed by atoms with Gasteiger partial charge in [0.1, 0.15) is 6.61 Å². The monoisotopic (exact) mass is 174 g/mol. The molecule has 0 amide bonds. The molecule has 1 aliphatic heterocycles. The van der Waals surface area contributed by atoms with Crippen LogP contribution < -0.4 is 0 Å². The minimum Gasteiger partial charge on any atom is -0.480 e. The Morgan fingerprint density at radius 3 is 2.83 bits per heavy atom. The quantitative estimate of drug-likeness (QED) is 0.596. The Morgan fingerprint density at radius 1 is 1.58 bits per heavy atom. The molecule has 12 heavy (non-hydrogen) atoms. The highest BCUT2D eigenvalue weighted by Gasteiger charge is 2.17. The fraction of sp³-hybridized carbons (Fsp3) is 0.875. The Morgan fingerprint density at radius 2 is 2.33 bits per heavy atom. The van der Waals surface area contributed by atoms with Gasteiger partial charge in [-0.3, -0.25) is 0 Å². The maximum atomic E-state index is 10.0. The van der Waals surface area contributed by atoms with Gasteiger partial charge in [0.05, 0.1) is 13.2 Å². The first-order valence-corrected chi connectivity index (χ1v) is 4.16. The van der Waals surface area contributed by atoms with Crippen LogP contribution in [0.15, 0.2) is 0 Å². The van der Waals surface area contributed by atoms with Crippen LogP contribution in [0.1, 0.15) is 12.8 Å². The lowest BCUT2D eigenvalue weighted by Gasteiger charge is -2.25. The molecule has 1 fully saturated rings. The molecular weight excluding hydrogens is 160 g/mol. The highest BCUT2D eigenvalue weighted by Crippen LogP contribution is 2.15. The van der Waals surface area contributed by atoms with Gasteiger partial charge in [-0.2, -0.15) is 0 Å². The maximum absolute atomic E-state index is 10.0. The van der Waals surface area contributed by atoms with Crippen LogP contribution in [0.3, 0.4) is 0 Å². The van der Waals surface area contributed by atoms with E-state index in [9.17, 15) is 4.79 Å². The molecule has 1 saturated heterocycles. The molecule has 0 radical (unpaired) electrons. The van der Waals surface area contributed by atoms with Gasteiger partial charge in [-0.05, 0) is 12.8 Å². The summed E-state index contributed by atoms with van der Waals surface area (Å²) in [7, 11) is 0. The number of carboxylic acid groups (broad SMARTS) is 1. The topological polar surface area (TPSA) is 55.8 Å². The van der Waals surface area contributed by atoms with E-state index in [2.05, 4.69) is 0 Å². The average molecular weight is 174 g/mol. The molecule has 4 nitrogen and oxygen atoms in total.